The molecule has 2 heteroatoms. The van der Waals surface area contributed by atoms with Crippen molar-refractivity contribution in [3.8, 4) is 5.75 Å². The highest BCUT2D eigenvalue weighted by atomic mass is 16.5. The van der Waals surface area contributed by atoms with Gasteiger partial charge in [0.1, 0.15) is 5.75 Å². The first-order valence-electron chi connectivity index (χ1n) is 6.71. The molecule has 1 aliphatic carbocycles. The van der Waals surface area contributed by atoms with E-state index >= 15 is 0 Å². The number of ether oxygens (including phenoxy) is 1. The predicted molar refractivity (Wildman–Crippen MR) is 72.7 cm³/mol. The van der Waals surface area contributed by atoms with Crippen molar-refractivity contribution in [3.63, 3.8) is 0 Å². The summed E-state index contributed by atoms with van der Waals surface area (Å²) in [7, 11) is 1.73. The predicted octanol–water partition coefficient (Wildman–Crippen LogP) is 4.08. The fourth-order valence-corrected chi connectivity index (χ4v) is 2.76. The Labute approximate surface area is 104 Å². The van der Waals surface area contributed by atoms with Gasteiger partial charge in [-0.3, -0.25) is 0 Å². The van der Waals surface area contributed by atoms with Gasteiger partial charge in [-0.1, -0.05) is 31.4 Å². The van der Waals surface area contributed by atoms with E-state index in [1.54, 1.807) is 7.11 Å². The minimum atomic E-state index is 0.534. The Morgan fingerprint density at radius 1 is 1.18 bits per heavy atom. The summed E-state index contributed by atoms with van der Waals surface area (Å²) in [5.41, 5.74) is 1.12. The smallest absolute Gasteiger partial charge is 0.141 e. The van der Waals surface area contributed by atoms with Crippen LogP contribution in [0, 0.1) is 5.92 Å². The molecule has 0 aliphatic heterocycles. The standard InChI is InChI=1S/C15H23NO/c1-12(13-8-4-3-5-9-13)16-14-10-6-7-11-15(14)17-2/h6-7,10-13,16H,3-5,8-9H2,1-2H3/t12-/m0/s1. The van der Waals surface area contributed by atoms with Gasteiger partial charge in [-0.15, -0.1) is 0 Å². The third kappa shape index (κ3) is 3.15. The van der Waals surface area contributed by atoms with Gasteiger partial charge in [-0.25, -0.2) is 0 Å². The van der Waals surface area contributed by atoms with Gasteiger partial charge in [-0.05, 0) is 37.8 Å². The molecule has 1 atom stereocenters. The summed E-state index contributed by atoms with van der Waals surface area (Å²) >= 11 is 0. The van der Waals surface area contributed by atoms with Gasteiger partial charge in [0.15, 0.2) is 0 Å². The van der Waals surface area contributed by atoms with E-state index in [1.807, 2.05) is 12.1 Å². The quantitative estimate of drug-likeness (QED) is 0.846. The number of hydrogen-bond acceptors (Lipinski definition) is 2. The number of para-hydroxylation sites is 2. The van der Waals surface area contributed by atoms with Gasteiger partial charge in [0.05, 0.1) is 12.8 Å². The number of benzene rings is 1. The fraction of sp³-hybridized carbons (Fsp3) is 0.600. The van der Waals surface area contributed by atoms with Crippen LogP contribution in [0.4, 0.5) is 5.69 Å². The minimum Gasteiger partial charge on any atom is -0.495 e. The molecule has 0 unspecified atom stereocenters. The first-order chi connectivity index (χ1) is 8.31. The van der Waals surface area contributed by atoms with Crippen LogP contribution >= 0.6 is 0 Å². The monoisotopic (exact) mass is 233 g/mol. The third-order valence-electron chi connectivity index (χ3n) is 3.85. The van der Waals surface area contributed by atoms with E-state index in [-0.39, 0.29) is 0 Å². The zero-order chi connectivity index (χ0) is 12.1. The maximum absolute atomic E-state index is 5.37. The van der Waals surface area contributed by atoms with Crippen LogP contribution < -0.4 is 10.1 Å². The Balaban J connectivity index is 1.99. The minimum absolute atomic E-state index is 0.534. The first-order valence-corrected chi connectivity index (χ1v) is 6.71. The summed E-state index contributed by atoms with van der Waals surface area (Å²) in [6.07, 6.45) is 6.93. The van der Waals surface area contributed by atoms with Crippen LogP contribution in [0.5, 0.6) is 5.75 Å². The lowest BCUT2D eigenvalue weighted by atomic mass is 9.84. The van der Waals surface area contributed by atoms with E-state index in [4.69, 9.17) is 4.74 Å². The van der Waals surface area contributed by atoms with E-state index in [0.29, 0.717) is 6.04 Å². The van der Waals surface area contributed by atoms with E-state index in [2.05, 4.69) is 24.4 Å². The Bertz CT molecular complexity index is 345. The van der Waals surface area contributed by atoms with Gasteiger partial charge in [-0.2, -0.15) is 0 Å². The van der Waals surface area contributed by atoms with E-state index in [1.165, 1.54) is 32.1 Å². The molecule has 0 amide bonds. The second-order valence-electron chi connectivity index (χ2n) is 5.03. The molecule has 0 saturated heterocycles. The molecule has 1 aliphatic rings. The molecule has 0 radical (unpaired) electrons. The van der Waals surface area contributed by atoms with Crippen LogP contribution in [0.15, 0.2) is 24.3 Å². The zero-order valence-corrected chi connectivity index (χ0v) is 10.9. The fourth-order valence-electron chi connectivity index (χ4n) is 2.76. The molecule has 0 heterocycles. The van der Waals surface area contributed by atoms with Crippen LogP contribution in [0.3, 0.4) is 0 Å². The first kappa shape index (κ1) is 12.3. The van der Waals surface area contributed by atoms with Crippen molar-refractivity contribution in [1.29, 1.82) is 0 Å². The normalized spacial score (nSPS) is 18.7. The van der Waals surface area contributed by atoms with Gasteiger partial charge < -0.3 is 10.1 Å². The van der Waals surface area contributed by atoms with Gasteiger partial charge in [0, 0.05) is 6.04 Å². The summed E-state index contributed by atoms with van der Waals surface area (Å²) in [5, 5.41) is 3.61. The lowest BCUT2D eigenvalue weighted by Crippen LogP contribution is -2.27. The van der Waals surface area contributed by atoms with Crippen LogP contribution in [-0.2, 0) is 0 Å². The molecule has 0 spiro atoms. The number of hydrogen-bond donors (Lipinski definition) is 1. The highest BCUT2D eigenvalue weighted by molar-refractivity contribution is 5.56. The SMILES string of the molecule is COc1ccccc1N[C@@H](C)C1CCCCC1. The lowest BCUT2D eigenvalue weighted by Gasteiger charge is -2.29. The largest absolute Gasteiger partial charge is 0.495 e. The molecule has 0 aromatic heterocycles. The Morgan fingerprint density at radius 2 is 1.88 bits per heavy atom. The maximum Gasteiger partial charge on any atom is 0.141 e. The molecule has 94 valence electrons. The number of nitrogens with one attached hydrogen (secondary N) is 1. The van der Waals surface area contributed by atoms with E-state index in [9.17, 15) is 0 Å². The van der Waals surface area contributed by atoms with E-state index < -0.39 is 0 Å². The van der Waals surface area contributed by atoms with Crippen molar-refractivity contribution < 1.29 is 4.74 Å². The lowest BCUT2D eigenvalue weighted by molar-refractivity contribution is 0.327. The summed E-state index contributed by atoms with van der Waals surface area (Å²) in [6, 6.07) is 8.70. The maximum atomic E-state index is 5.37. The van der Waals surface area contributed by atoms with Crippen LogP contribution in [-0.4, -0.2) is 13.2 Å². The van der Waals surface area contributed by atoms with Crippen molar-refractivity contribution in [2.24, 2.45) is 5.92 Å². The van der Waals surface area contributed by atoms with Crippen molar-refractivity contribution in [3.05, 3.63) is 24.3 Å². The van der Waals surface area contributed by atoms with Gasteiger partial charge in [0.25, 0.3) is 0 Å². The van der Waals surface area contributed by atoms with E-state index in [0.717, 1.165) is 17.4 Å². The van der Waals surface area contributed by atoms with Crippen molar-refractivity contribution in [2.75, 3.05) is 12.4 Å². The van der Waals surface area contributed by atoms with Crippen molar-refractivity contribution in [2.45, 2.75) is 45.1 Å². The Kier molecular flexibility index (Phi) is 4.29. The van der Waals surface area contributed by atoms with Crippen LogP contribution in [0.2, 0.25) is 0 Å². The molecular weight excluding hydrogens is 210 g/mol. The summed E-state index contributed by atoms with van der Waals surface area (Å²) in [4.78, 5) is 0. The van der Waals surface area contributed by atoms with Crippen molar-refractivity contribution in [1.82, 2.24) is 0 Å². The Hall–Kier alpha value is -1.18. The number of rotatable bonds is 4. The average molecular weight is 233 g/mol. The molecule has 0 bridgehead atoms. The second-order valence-corrected chi connectivity index (χ2v) is 5.03. The third-order valence-corrected chi connectivity index (χ3v) is 3.85. The Morgan fingerprint density at radius 3 is 2.59 bits per heavy atom. The topological polar surface area (TPSA) is 21.3 Å². The molecule has 1 saturated carbocycles. The second kappa shape index (κ2) is 5.95. The molecule has 1 fully saturated rings. The highest BCUT2D eigenvalue weighted by Crippen LogP contribution is 2.30. The molecule has 2 nitrogen and oxygen atoms in total. The van der Waals surface area contributed by atoms with Crippen molar-refractivity contribution >= 4 is 5.69 Å². The molecule has 1 N–H and O–H groups in total. The summed E-state index contributed by atoms with van der Waals surface area (Å²) < 4.78 is 5.37. The molecule has 1 aromatic carbocycles. The highest BCUT2D eigenvalue weighted by Gasteiger charge is 2.20. The molecule has 17 heavy (non-hydrogen) atoms. The van der Waals surface area contributed by atoms with Gasteiger partial charge in [0.2, 0.25) is 0 Å². The zero-order valence-electron chi connectivity index (χ0n) is 10.9. The number of methoxy groups -OCH3 is 1. The summed E-state index contributed by atoms with van der Waals surface area (Å²) in [5.74, 6) is 1.75. The average Bonchev–Trinajstić information content (AvgIpc) is 2.40. The molecule has 1 aromatic rings. The van der Waals surface area contributed by atoms with Crippen LogP contribution in [0.1, 0.15) is 39.0 Å². The molecule has 2 rings (SSSR count). The number of anilines is 1. The van der Waals surface area contributed by atoms with Gasteiger partial charge >= 0.3 is 0 Å². The summed E-state index contributed by atoms with van der Waals surface area (Å²) in [6.45, 7) is 2.29. The van der Waals surface area contributed by atoms with Crippen LogP contribution in [0.25, 0.3) is 0 Å². The molecular formula is C15H23NO.